The predicted molar refractivity (Wildman–Crippen MR) is 98.8 cm³/mol. The predicted octanol–water partition coefficient (Wildman–Crippen LogP) is 2.55. The molecule has 152 valence electrons. The van der Waals surface area contributed by atoms with Gasteiger partial charge in [-0.1, -0.05) is 6.92 Å². The molecule has 2 saturated heterocycles. The van der Waals surface area contributed by atoms with Gasteiger partial charge in [0, 0.05) is 6.61 Å². The Kier molecular flexibility index (Phi) is 6.99. The van der Waals surface area contributed by atoms with Crippen LogP contribution in [0.25, 0.3) is 0 Å². The van der Waals surface area contributed by atoms with E-state index in [9.17, 15) is 8.42 Å². The summed E-state index contributed by atoms with van der Waals surface area (Å²) < 4.78 is 46.8. The Morgan fingerprint density at radius 3 is 2.62 bits per heavy atom. The van der Waals surface area contributed by atoms with Crippen molar-refractivity contribution in [2.24, 2.45) is 11.8 Å². The van der Waals surface area contributed by atoms with Crippen molar-refractivity contribution < 1.29 is 27.4 Å². The second-order valence-corrected chi connectivity index (χ2v) is 10.7. The van der Waals surface area contributed by atoms with Gasteiger partial charge in [0.1, 0.15) is 0 Å². The van der Waals surface area contributed by atoms with E-state index in [2.05, 4.69) is 13.8 Å². The monoisotopic (exact) mass is 390 g/mol. The number of epoxide rings is 2. The third-order valence-electron chi connectivity index (χ3n) is 5.88. The number of hydrogen-bond donors (Lipinski definition) is 0. The zero-order valence-corrected chi connectivity index (χ0v) is 17.1. The summed E-state index contributed by atoms with van der Waals surface area (Å²) in [6.07, 6.45) is 7.01. The molecule has 0 radical (unpaired) electrons. The van der Waals surface area contributed by atoms with E-state index >= 15 is 0 Å². The highest BCUT2D eigenvalue weighted by Crippen LogP contribution is 2.39. The van der Waals surface area contributed by atoms with Crippen molar-refractivity contribution in [2.45, 2.75) is 82.7 Å². The van der Waals surface area contributed by atoms with Gasteiger partial charge in [0.05, 0.1) is 43.4 Å². The van der Waals surface area contributed by atoms with E-state index in [4.69, 9.17) is 18.9 Å². The molecule has 1 aliphatic carbocycles. The first kappa shape index (κ1) is 20.5. The highest BCUT2D eigenvalue weighted by atomic mass is 32.2. The Hall–Kier alpha value is -0.210. The highest BCUT2D eigenvalue weighted by molar-refractivity contribution is 7.91. The molecule has 2 heterocycles. The summed E-state index contributed by atoms with van der Waals surface area (Å²) in [6.45, 7) is 7.14. The van der Waals surface area contributed by atoms with Gasteiger partial charge in [-0.2, -0.15) is 0 Å². The molecule has 26 heavy (non-hydrogen) atoms. The minimum Gasteiger partial charge on any atom is -0.380 e. The van der Waals surface area contributed by atoms with E-state index in [1.807, 2.05) is 0 Å². The van der Waals surface area contributed by atoms with Gasteiger partial charge in [-0.25, -0.2) is 8.42 Å². The highest BCUT2D eigenvalue weighted by Gasteiger charge is 2.43. The van der Waals surface area contributed by atoms with Crippen LogP contribution in [0.2, 0.25) is 0 Å². The Labute approximate surface area is 157 Å². The number of sulfone groups is 1. The second kappa shape index (κ2) is 8.86. The summed E-state index contributed by atoms with van der Waals surface area (Å²) in [5, 5.41) is 0. The van der Waals surface area contributed by atoms with E-state index in [0.29, 0.717) is 49.5 Å². The quantitative estimate of drug-likeness (QED) is 0.376. The molecular formula is C19H34O6S. The lowest BCUT2D eigenvalue weighted by atomic mass is 9.90. The van der Waals surface area contributed by atoms with Crippen LogP contribution in [0, 0.1) is 11.8 Å². The Morgan fingerprint density at radius 2 is 1.92 bits per heavy atom. The molecule has 6 nitrogen and oxygen atoms in total. The number of fused-ring (bicyclic) bond motifs is 1. The molecule has 3 fully saturated rings. The molecule has 0 aromatic rings. The number of rotatable bonds is 12. The van der Waals surface area contributed by atoms with E-state index < -0.39 is 15.3 Å². The second-order valence-electron chi connectivity index (χ2n) is 8.30. The van der Waals surface area contributed by atoms with E-state index in [1.165, 1.54) is 0 Å². The van der Waals surface area contributed by atoms with Gasteiger partial charge in [0.25, 0.3) is 0 Å². The van der Waals surface area contributed by atoms with Gasteiger partial charge in [-0.05, 0) is 57.8 Å². The van der Waals surface area contributed by atoms with Crippen LogP contribution in [-0.2, 0) is 28.8 Å². The maximum atomic E-state index is 12.3. The first-order valence-electron chi connectivity index (χ1n) is 10.1. The van der Waals surface area contributed by atoms with Crippen molar-refractivity contribution in [3.8, 4) is 0 Å². The van der Waals surface area contributed by atoms with Crippen molar-refractivity contribution in [3.05, 3.63) is 0 Å². The number of hydrogen-bond acceptors (Lipinski definition) is 6. The molecule has 0 amide bonds. The largest absolute Gasteiger partial charge is 0.380 e. The van der Waals surface area contributed by atoms with Gasteiger partial charge in [0.15, 0.2) is 15.3 Å². The summed E-state index contributed by atoms with van der Waals surface area (Å²) in [5.74, 6) is 0.861. The molecule has 3 aliphatic rings. The summed E-state index contributed by atoms with van der Waals surface area (Å²) in [5.41, 5.74) is -0.778. The molecule has 0 aromatic carbocycles. The smallest absolute Gasteiger partial charge is 0.179 e. The fourth-order valence-electron chi connectivity index (χ4n) is 3.70. The molecule has 0 aromatic heterocycles. The maximum absolute atomic E-state index is 12.3. The average Bonchev–Trinajstić information content (AvgIpc) is 3.51. The molecule has 1 saturated carbocycles. The minimum atomic E-state index is -3.29. The van der Waals surface area contributed by atoms with E-state index in [1.54, 1.807) is 6.92 Å². The lowest BCUT2D eigenvalue weighted by molar-refractivity contribution is 0.0817. The topological polar surface area (TPSA) is 77.7 Å². The standard InChI is InChI=1S/C19H34O6S/c1-13(4-6-17-14(2)24-17)11-23-15(3)26(20,21)9-8-22-12-16-5-7-18-19(10-16)25-18/h13-19H,4-12H2,1-3H3. The van der Waals surface area contributed by atoms with Crippen LogP contribution < -0.4 is 0 Å². The van der Waals surface area contributed by atoms with Crippen molar-refractivity contribution in [2.75, 3.05) is 25.6 Å². The Bertz CT molecular complexity index is 550. The first-order valence-corrected chi connectivity index (χ1v) is 11.8. The van der Waals surface area contributed by atoms with Crippen LogP contribution in [0.1, 0.15) is 52.9 Å². The van der Waals surface area contributed by atoms with Crippen molar-refractivity contribution in [3.63, 3.8) is 0 Å². The minimum absolute atomic E-state index is 0.0191. The molecule has 0 spiro atoms. The fraction of sp³-hybridized carbons (Fsp3) is 1.00. The normalized spacial score (nSPS) is 35.6. The summed E-state index contributed by atoms with van der Waals surface area (Å²) in [7, 11) is -3.29. The van der Waals surface area contributed by atoms with Crippen LogP contribution in [0.15, 0.2) is 0 Å². The van der Waals surface area contributed by atoms with Crippen LogP contribution in [-0.4, -0.2) is 63.8 Å². The SMILES string of the molecule is CC(CCC1OC1C)COC(C)S(=O)(=O)CCOCC1CCC2OC2C1. The molecule has 7 atom stereocenters. The average molecular weight is 391 g/mol. The number of ether oxygens (including phenoxy) is 4. The summed E-state index contributed by atoms with van der Waals surface area (Å²) in [6, 6.07) is 0. The Balaban J connectivity index is 1.25. The molecule has 2 aliphatic heterocycles. The van der Waals surface area contributed by atoms with Gasteiger partial charge in [-0.3, -0.25) is 0 Å². The van der Waals surface area contributed by atoms with E-state index in [-0.39, 0.29) is 12.4 Å². The molecule has 0 bridgehead atoms. The molecule has 7 heteroatoms. The third kappa shape index (κ3) is 6.16. The maximum Gasteiger partial charge on any atom is 0.179 e. The van der Waals surface area contributed by atoms with Crippen molar-refractivity contribution in [1.29, 1.82) is 0 Å². The zero-order valence-electron chi connectivity index (χ0n) is 16.3. The molecular weight excluding hydrogens is 356 g/mol. The van der Waals surface area contributed by atoms with Crippen LogP contribution >= 0.6 is 0 Å². The molecule has 7 unspecified atom stereocenters. The summed E-state index contributed by atoms with van der Waals surface area (Å²) in [4.78, 5) is 0. The third-order valence-corrected chi connectivity index (χ3v) is 7.76. The molecule has 3 rings (SSSR count). The molecule has 0 N–H and O–H groups in total. The zero-order chi connectivity index (χ0) is 18.7. The van der Waals surface area contributed by atoms with Gasteiger partial charge < -0.3 is 18.9 Å². The lowest BCUT2D eigenvalue weighted by Gasteiger charge is -2.20. The van der Waals surface area contributed by atoms with Gasteiger partial charge in [0.2, 0.25) is 0 Å². The van der Waals surface area contributed by atoms with Crippen LogP contribution in [0.4, 0.5) is 0 Å². The van der Waals surface area contributed by atoms with Crippen molar-refractivity contribution >= 4 is 9.84 Å². The van der Waals surface area contributed by atoms with Gasteiger partial charge >= 0.3 is 0 Å². The lowest BCUT2D eigenvalue weighted by Crippen LogP contribution is -2.28. The van der Waals surface area contributed by atoms with E-state index in [0.717, 1.165) is 32.1 Å². The summed E-state index contributed by atoms with van der Waals surface area (Å²) >= 11 is 0. The Morgan fingerprint density at radius 1 is 1.15 bits per heavy atom. The van der Waals surface area contributed by atoms with Gasteiger partial charge in [-0.15, -0.1) is 0 Å². The first-order chi connectivity index (χ1) is 12.3. The van der Waals surface area contributed by atoms with Crippen LogP contribution in [0.3, 0.4) is 0 Å². The van der Waals surface area contributed by atoms with Crippen molar-refractivity contribution in [1.82, 2.24) is 0 Å². The van der Waals surface area contributed by atoms with Crippen LogP contribution in [0.5, 0.6) is 0 Å². The fourth-order valence-corrected chi connectivity index (χ4v) is 4.67.